The molecule has 0 aliphatic carbocycles. The summed E-state index contributed by atoms with van der Waals surface area (Å²) >= 11 is 1.38. The van der Waals surface area contributed by atoms with Gasteiger partial charge in [0.05, 0.1) is 5.75 Å². The van der Waals surface area contributed by atoms with Gasteiger partial charge >= 0.3 is 0 Å². The standard InChI is InChI=1S/C26H34N4O2S/c1-16(2)21-11-13-22(14-12-21)32-20(7)25-28-29-26(30(25)17(3)4)33-15-24(31)27-23-10-8-9-18(5)19(23)6/h8-14,16-17,20H,15H2,1-7H3,(H,27,31). The normalized spacial score (nSPS) is 12.3. The van der Waals surface area contributed by atoms with Gasteiger partial charge in [0.15, 0.2) is 17.1 Å². The van der Waals surface area contributed by atoms with Crippen LogP contribution in [0.25, 0.3) is 0 Å². The summed E-state index contributed by atoms with van der Waals surface area (Å²) in [6, 6.07) is 14.2. The molecule has 0 aliphatic heterocycles. The van der Waals surface area contributed by atoms with E-state index in [4.69, 9.17) is 4.74 Å². The van der Waals surface area contributed by atoms with Crippen molar-refractivity contribution in [2.45, 2.75) is 71.7 Å². The fourth-order valence-electron chi connectivity index (χ4n) is 3.54. The molecular weight excluding hydrogens is 432 g/mol. The number of thioether (sulfide) groups is 1. The first-order chi connectivity index (χ1) is 15.7. The summed E-state index contributed by atoms with van der Waals surface area (Å²) < 4.78 is 8.20. The van der Waals surface area contributed by atoms with Gasteiger partial charge in [-0.15, -0.1) is 10.2 Å². The van der Waals surface area contributed by atoms with Crippen LogP contribution in [-0.2, 0) is 4.79 Å². The molecule has 33 heavy (non-hydrogen) atoms. The van der Waals surface area contributed by atoms with Gasteiger partial charge in [-0.1, -0.05) is 49.9 Å². The van der Waals surface area contributed by atoms with E-state index in [2.05, 4.69) is 55.3 Å². The number of hydrogen-bond donors (Lipinski definition) is 1. The Labute approximate surface area is 201 Å². The second kappa shape index (κ2) is 10.9. The van der Waals surface area contributed by atoms with Crippen molar-refractivity contribution in [2.24, 2.45) is 0 Å². The minimum atomic E-state index is -0.275. The van der Waals surface area contributed by atoms with Crippen molar-refractivity contribution < 1.29 is 9.53 Å². The highest BCUT2D eigenvalue weighted by Crippen LogP contribution is 2.28. The molecule has 1 heterocycles. The molecule has 176 valence electrons. The fourth-order valence-corrected chi connectivity index (χ4v) is 4.41. The average molecular weight is 467 g/mol. The number of ether oxygens (including phenoxy) is 1. The van der Waals surface area contributed by atoms with Crippen molar-refractivity contribution in [1.82, 2.24) is 14.8 Å². The van der Waals surface area contributed by atoms with E-state index in [1.54, 1.807) is 0 Å². The fraction of sp³-hybridized carbons (Fsp3) is 0.423. The molecule has 3 rings (SSSR count). The first-order valence-electron chi connectivity index (χ1n) is 11.4. The van der Waals surface area contributed by atoms with Crippen LogP contribution in [0, 0.1) is 13.8 Å². The number of aromatic nitrogens is 3. The van der Waals surface area contributed by atoms with Crippen LogP contribution in [0.5, 0.6) is 5.75 Å². The predicted molar refractivity (Wildman–Crippen MR) is 135 cm³/mol. The Bertz CT molecular complexity index is 1090. The van der Waals surface area contributed by atoms with Crippen LogP contribution < -0.4 is 10.1 Å². The second-order valence-electron chi connectivity index (χ2n) is 8.87. The molecule has 0 aliphatic rings. The summed E-state index contributed by atoms with van der Waals surface area (Å²) in [6.07, 6.45) is -0.275. The number of benzene rings is 2. The molecule has 1 amide bonds. The number of nitrogens with zero attached hydrogens (tertiary/aromatic N) is 3. The zero-order valence-electron chi connectivity index (χ0n) is 20.5. The van der Waals surface area contributed by atoms with Crippen LogP contribution in [0.3, 0.4) is 0 Å². The molecule has 6 nitrogen and oxygen atoms in total. The van der Waals surface area contributed by atoms with E-state index < -0.39 is 0 Å². The van der Waals surface area contributed by atoms with Crippen LogP contribution in [0.4, 0.5) is 5.69 Å². The van der Waals surface area contributed by atoms with E-state index in [1.165, 1.54) is 17.3 Å². The summed E-state index contributed by atoms with van der Waals surface area (Å²) in [5.41, 5.74) is 4.35. The van der Waals surface area contributed by atoms with Gasteiger partial charge in [-0.25, -0.2) is 0 Å². The maximum Gasteiger partial charge on any atom is 0.234 e. The molecule has 1 aromatic heterocycles. The van der Waals surface area contributed by atoms with Crippen molar-refractivity contribution in [2.75, 3.05) is 11.1 Å². The first kappa shape index (κ1) is 24.8. The van der Waals surface area contributed by atoms with Crippen molar-refractivity contribution in [3.8, 4) is 5.75 Å². The Balaban J connectivity index is 1.68. The molecule has 1 N–H and O–H groups in total. The number of carbonyl (C=O) groups is 1. The number of rotatable bonds is 9. The van der Waals surface area contributed by atoms with Gasteiger partial charge < -0.3 is 14.6 Å². The molecule has 7 heteroatoms. The molecule has 0 saturated heterocycles. The van der Waals surface area contributed by atoms with E-state index >= 15 is 0 Å². The number of carbonyl (C=O) groups excluding carboxylic acids is 1. The Morgan fingerprint density at radius 2 is 1.73 bits per heavy atom. The van der Waals surface area contributed by atoms with Gasteiger partial charge in [-0.2, -0.15) is 0 Å². The molecule has 0 fully saturated rings. The zero-order valence-corrected chi connectivity index (χ0v) is 21.4. The Hall–Kier alpha value is -2.80. The molecule has 0 radical (unpaired) electrons. The lowest BCUT2D eigenvalue weighted by Crippen LogP contribution is -2.17. The number of nitrogens with one attached hydrogen (secondary N) is 1. The van der Waals surface area contributed by atoms with E-state index in [-0.39, 0.29) is 23.8 Å². The van der Waals surface area contributed by atoms with Crippen LogP contribution in [0.2, 0.25) is 0 Å². The highest BCUT2D eigenvalue weighted by atomic mass is 32.2. The molecule has 1 atom stereocenters. The number of amides is 1. The minimum absolute atomic E-state index is 0.0666. The summed E-state index contributed by atoms with van der Waals surface area (Å²) in [5.74, 6) is 2.21. The van der Waals surface area contributed by atoms with Gasteiger partial charge in [0.1, 0.15) is 5.75 Å². The maximum atomic E-state index is 12.6. The van der Waals surface area contributed by atoms with Crippen LogP contribution in [0.15, 0.2) is 47.6 Å². The largest absolute Gasteiger partial charge is 0.483 e. The third kappa shape index (κ3) is 6.16. The second-order valence-corrected chi connectivity index (χ2v) is 9.82. The number of hydrogen-bond acceptors (Lipinski definition) is 5. The molecule has 1 unspecified atom stereocenters. The lowest BCUT2D eigenvalue weighted by molar-refractivity contribution is -0.113. The van der Waals surface area contributed by atoms with Crippen LogP contribution in [-0.4, -0.2) is 26.4 Å². The number of anilines is 1. The van der Waals surface area contributed by atoms with Crippen molar-refractivity contribution in [1.29, 1.82) is 0 Å². The average Bonchev–Trinajstić information content (AvgIpc) is 3.20. The summed E-state index contributed by atoms with van der Waals surface area (Å²) in [4.78, 5) is 12.6. The molecule has 0 spiro atoms. The number of aryl methyl sites for hydroxylation is 1. The molecule has 3 aromatic rings. The lowest BCUT2D eigenvalue weighted by atomic mass is 10.0. The van der Waals surface area contributed by atoms with Crippen molar-refractivity contribution in [3.63, 3.8) is 0 Å². The van der Waals surface area contributed by atoms with Gasteiger partial charge in [0, 0.05) is 11.7 Å². The SMILES string of the molecule is Cc1cccc(NC(=O)CSc2nnc(C(C)Oc3ccc(C(C)C)cc3)n2C(C)C)c1C. The Morgan fingerprint density at radius 1 is 1.03 bits per heavy atom. The van der Waals surface area contributed by atoms with E-state index in [1.807, 2.05) is 55.7 Å². The molecular formula is C26H34N4O2S. The van der Waals surface area contributed by atoms with E-state index in [0.717, 1.165) is 28.4 Å². The van der Waals surface area contributed by atoms with Crippen LogP contribution >= 0.6 is 11.8 Å². The van der Waals surface area contributed by atoms with E-state index in [9.17, 15) is 4.79 Å². The summed E-state index contributed by atoms with van der Waals surface area (Å²) in [6.45, 7) is 14.5. The van der Waals surface area contributed by atoms with Crippen LogP contribution in [0.1, 0.15) is 75.2 Å². The van der Waals surface area contributed by atoms with Crippen molar-refractivity contribution in [3.05, 3.63) is 65.0 Å². The monoisotopic (exact) mass is 466 g/mol. The maximum absolute atomic E-state index is 12.6. The minimum Gasteiger partial charge on any atom is -0.483 e. The summed E-state index contributed by atoms with van der Waals surface area (Å²) in [5, 5.41) is 12.5. The van der Waals surface area contributed by atoms with Gasteiger partial charge in [-0.3, -0.25) is 4.79 Å². The van der Waals surface area contributed by atoms with E-state index in [0.29, 0.717) is 11.1 Å². The third-order valence-corrected chi connectivity index (χ3v) is 6.58. The molecule has 2 aromatic carbocycles. The Kier molecular flexibility index (Phi) is 8.19. The third-order valence-electron chi connectivity index (χ3n) is 5.64. The molecule has 0 bridgehead atoms. The smallest absolute Gasteiger partial charge is 0.234 e. The first-order valence-corrected chi connectivity index (χ1v) is 12.4. The lowest BCUT2D eigenvalue weighted by Gasteiger charge is -2.19. The van der Waals surface area contributed by atoms with Gasteiger partial charge in [0.2, 0.25) is 5.91 Å². The quantitative estimate of drug-likeness (QED) is 0.366. The highest BCUT2D eigenvalue weighted by Gasteiger charge is 2.22. The topological polar surface area (TPSA) is 69.0 Å². The summed E-state index contributed by atoms with van der Waals surface area (Å²) in [7, 11) is 0. The van der Waals surface area contributed by atoms with Crippen molar-refractivity contribution >= 4 is 23.4 Å². The highest BCUT2D eigenvalue weighted by molar-refractivity contribution is 7.99. The Morgan fingerprint density at radius 3 is 2.36 bits per heavy atom. The molecule has 0 saturated carbocycles. The van der Waals surface area contributed by atoms with Gasteiger partial charge in [-0.05, 0) is 75.4 Å². The van der Waals surface area contributed by atoms with Gasteiger partial charge in [0.25, 0.3) is 0 Å². The zero-order chi connectivity index (χ0) is 24.1. The predicted octanol–water partition coefficient (Wildman–Crippen LogP) is 6.47.